The number of benzene rings is 2. The Morgan fingerprint density at radius 2 is 1.72 bits per heavy atom. The van der Waals surface area contributed by atoms with Crippen molar-refractivity contribution >= 4 is 26.8 Å². The summed E-state index contributed by atoms with van der Waals surface area (Å²) in [5.74, 6) is -1.00. The van der Waals surface area contributed by atoms with Crippen LogP contribution >= 0.6 is 0 Å². The molecule has 3 rings (SSSR count). The zero-order chi connectivity index (χ0) is 21.4. The summed E-state index contributed by atoms with van der Waals surface area (Å²) in [4.78, 5) is 21.4. The maximum atomic E-state index is 13.0. The summed E-state index contributed by atoms with van der Waals surface area (Å²) < 4.78 is 73.1. The topological polar surface area (TPSA) is 117 Å². The van der Waals surface area contributed by atoms with E-state index in [0.29, 0.717) is 6.07 Å². The second kappa shape index (κ2) is 7.20. The summed E-state index contributed by atoms with van der Waals surface area (Å²) in [6.45, 7) is 0. The van der Waals surface area contributed by atoms with E-state index < -0.39 is 49.1 Å². The molecule has 0 atom stereocenters. The van der Waals surface area contributed by atoms with Gasteiger partial charge in [-0.15, -0.1) is 0 Å². The number of nitrogens with zero attached hydrogens (tertiary/aromatic N) is 1. The molecule has 0 spiro atoms. The average Bonchev–Trinajstić information content (AvgIpc) is 2.59. The van der Waals surface area contributed by atoms with Crippen LogP contribution in [0.1, 0.15) is 11.1 Å². The Morgan fingerprint density at radius 3 is 2.31 bits per heavy atom. The zero-order valence-electron chi connectivity index (χ0n) is 14.2. The van der Waals surface area contributed by atoms with E-state index in [1.807, 2.05) is 0 Å². The van der Waals surface area contributed by atoms with Gasteiger partial charge < -0.3 is 8.60 Å². The highest BCUT2D eigenvalue weighted by Crippen LogP contribution is 2.35. The number of halogens is 3. The predicted octanol–water partition coefficient (Wildman–Crippen LogP) is 3.63. The smallest absolute Gasteiger partial charge is 0.417 e. The van der Waals surface area contributed by atoms with Gasteiger partial charge in [-0.2, -0.15) is 21.6 Å². The minimum atomic E-state index is -4.81. The number of non-ortho nitro benzene ring substituents is 1. The van der Waals surface area contributed by atoms with Crippen LogP contribution in [0.4, 0.5) is 18.9 Å². The predicted molar refractivity (Wildman–Crippen MR) is 93.8 cm³/mol. The molecule has 152 valence electrons. The average molecular weight is 429 g/mol. The molecule has 0 amide bonds. The van der Waals surface area contributed by atoms with Crippen LogP contribution in [0.3, 0.4) is 0 Å². The summed E-state index contributed by atoms with van der Waals surface area (Å²) in [5.41, 5.74) is -2.99. The number of fused-ring (bicyclic) bond motifs is 1. The number of rotatable bonds is 5. The van der Waals surface area contributed by atoms with Gasteiger partial charge in [-0.25, -0.2) is 4.79 Å². The second-order valence-corrected chi connectivity index (χ2v) is 7.41. The Morgan fingerprint density at radius 1 is 1.07 bits per heavy atom. The van der Waals surface area contributed by atoms with Crippen molar-refractivity contribution < 1.29 is 35.1 Å². The minimum absolute atomic E-state index is 0.197. The lowest BCUT2D eigenvalue weighted by atomic mass is 10.1. The van der Waals surface area contributed by atoms with Crippen LogP contribution in [-0.4, -0.2) is 13.3 Å². The molecule has 0 radical (unpaired) electrons. The molecule has 0 saturated carbocycles. The zero-order valence-corrected chi connectivity index (χ0v) is 15.0. The highest BCUT2D eigenvalue weighted by atomic mass is 32.2. The van der Waals surface area contributed by atoms with Crippen molar-refractivity contribution in [2.75, 3.05) is 0 Å². The molecule has 3 aromatic rings. The Hall–Kier alpha value is -3.41. The van der Waals surface area contributed by atoms with E-state index in [2.05, 4.69) is 0 Å². The van der Waals surface area contributed by atoms with Crippen LogP contribution in [0.15, 0.2) is 57.7 Å². The van der Waals surface area contributed by atoms with E-state index in [0.717, 1.165) is 30.3 Å². The van der Waals surface area contributed by atoms with E-state index >= 15 is 0 Å². The quantitative estimate of drug-likeness (QED) is 0.263. The van der Waals surface area contributed by atoms with Gasteiger partial charge in [-0.3, -0.25) is 10.1 Å². The number of alkyl halides is 3. The molecule has 8 nitrogen and oxygen atoms in total. The monoisotopic (exact) mass is 429 g/mol. The molecule has 29 heavy (non-hydrogen) atoms. The number of nitro benzene ring substituents is 1. The molecule has 0 saturated heterocycles. The van der Waals surface area contributed by atoms with Crippen LogP contribution in [-0.2, 0) is 22.0 Å². The molecule has 12 heteroatoms. The number of nitro groups is 1. The molecule has 1 heterocycles. The first-order valence-corrected chi connectivity index (χ1v) is 9.33. The lowest BCUT2D eigenvalue weighted by Gasteiger charge is -2.11. The van der Waals surface area contributed by atoms with E-state index in [1.54, 1.807) is 0 Å². The molecule has 0 bridgehead atoms. The van der Waals surface area contributed by atoms with Crippen LogP contribution in [0.5, 0.6) is 5.75 Å². The molecule has 0 unspecified atom stereocenters. The first-order valence-electron chi connectivity index (χ1n) is 7.75. The SMILES string of the molecule is O=c1cc(C(F)(F)F)c2ccc(OS(=O)(=O)Cc3ccc([N+](=O)[O-])cc3)cc2o1. The van der Waals surface area contributed by atoms with Crippen molar-refractivity contribution in [3.8, 4) is 5.75 Å². The van der Waals surface area contributed by atoms with E-state index in [1.165, 1.54) is 12.1 Å². The number of hydrogen-bond acceptors (Lipinski definition) is 7. The summed E-state index contributed by atoms with van der Waals surface area (Å²) >= 11 is 0. The van der Waals surface area contributed by atoms with Crippen molar-refractivity contribution in [1.82, 2.24) is 0 Å². The standard InChI is InChI=1S/C17H10F3NO7S/c18-17(19,20)14-8-16(22)27-15-7-12(5-6-13(14)15)28-29(25,26)9-10-1-3-11(4-2-10)21(23)24/h1-8H,9H2. The van der Waals surface area contributed by atoms with Gasteiger partial charge in [0, 0.05) is 29.7 Å². The molecule has 1 aromatic heterocycles. The maximum absolute atomic E-state index is 13.0. The lowest BCUT2D eigenvalue weighted by molar-refractivity contribution is -0.384. The van der Waals surface area contributed by atoms with Crippen molar-refractivity contribution in [3.63, 3.8) is 0 Å². The largest absolute Gasteiger partial charge is 0.423 e. The molecular formula is C17H10F3NO7S. The Balaban J connectivity index is 1.89. The molecule has 0 fully saturated rings. The first-order chi connectivity index (χ1) is 13.4. The number of hydrogen-bond donors (Lipinski definition) is 0. The van der Waals surface area contributed by atoms with Crippen LogP contribution in [0.25, 0.3) is 11.0 Å². The van der Waals surface area contributed by atoms with Crippen LogP contribution in [0.2, 0.25) is 0 Å². The van der Waals surface area contributed by atoms with Gasteiger partial charge in [-0.05, 0) is 17.7 Å². The third-order valence-corrected chi connectivity index (χ3v) is 4.87. The van der Waals surface area contributed by atoms with Gasteiger partial charge in [0.15, 0.2) is 0 Å². The minimum Gasteiger partial charge on any atom is -0.423 e. The highest BCUT2D eigenvalue weighted by Gasteiger charge is 2.34. The van der Waals surface area contributed by atoms with Crippen molar-refractivity contribution in [3.05, 3.63) is 80.2 Å². The van der Waals surface area contributed by atoms with Crippen LogP contribution < -0.4 is 9.81 Å². The fraction of sp³-hybridized carbons (Fsp3) is 0.118. The van der Waals surface area contributed by atoms with E-state index in [4.69, 9.17) is 8.60 Å². The highest BCUT2D eigenvalue weighted by molar-refractivity contribution is 7.86. The van der Waals surface area contributed by atoms with E-state index in [9.17, 15) is 36.5 Å². The Kier molecular flexibility index (Phi) is 5.05. The fourth-order valence-corrected chi connectivity index (χ4v) is 3.58. The van der Waals surface area contributed by atoms with Gasteiger partial charge >= 0.3 is 21.9 Å². The van der Waals surface area contributed by atoms with Gasteiger partial charge in [0.1, 0.15) is 17.1 Å². The molecule has 0 aliphatic rings. The molecule has 2 aromatic carbocycles. The molecular weight excluding hydrogens is 419 g/mol. The molecule has 0 N–H and O–H groups in total. The van der Waals surface area contributed by atoms with Gasteiger partial charge in [-0.1, -0.05) is 12.1 Å². The molecule has 0 aliphatic carbocycles. The van der Waals surface area contributed by atoms with Crippen molar-refractivity contribution in [2.24, 2.45) is 0 Å². The summed E-state index contributed by atoms with van der Waals surface area (Å²) in [5, 5.41) is 10.2. The second-order valence-electron chi connectivity index (χ2n) is 5.84. The normalized spacial score (nSPS) is 12.1. The first kappa shape index (κ1) is 20.3. The Bertz CT molecular complexity index is 1250. The van der Waals surface area contributed by atoms with Crippen molar-refractivity contribution in [1.29, 1.82) is 0 Å². The summed E-state index contributed by atoms with van der Waals surface area (Å²) in [7, 11) is -4.25. The summed E-state index contributed by atoms with van der Waals surface area (Å²) in [6.07, 6.45) is -4.81. The van der Waals surface area contributed by atoms with Crippen LogP contribution in [0, 0.1) is 10.1 Å². The van der Waals surface area contributed by atoms with Crippen molar-refractivity contribution in [2.45, 2.75) is 11.9 Å². The summed E-state index contributed by atoms with van der Waals surface area (Å²) in [6, 6.07) is 7.78. The van der Waals surface area contributed by atoms with Gasteiger partial charge in [0.25, 0.3) is 5.69 Å². The third-order valence-electron chi connectivity index (χ3n) is 3.74. The Labute approximate surface area is 160 Å². The third kappa shape index (κ3) is 4.71. The van der Waals surface area contributed by atoms with Gasteiger partial charge in [0.05, 0.1) is 10.5 Å². The maximum Gasteiger partial charge on any atom is 0.417 e. The lowest BCUT2D eigenvalue weighted by Crippen LogP contribution is -2.13. The molecule has 0 aliphatic heterocycles. The fourth-order valence-electron chi connectivity index (χ4n) is 2.52. The van der Waals surface area contributed by atoms with Gasteiger partial charge in [0.2, 0.25) is 0 Å². The van der Waals surface area contributed by atoms with E-state index in [-0.39, 0.29) is 17.0 Å².